The summed E-state index contributed by atoms with van der Waals surface area (Å²) >= 11 is 0. The van der Waals surface area contributed by atoms with Crippen molar-refractivity contribution in [2.45, 2.75) is 46.5 Å². The fraction of sp³-hybridized carbons (Fsp3) is 0.696. The lowest BCUT2D eigenvalue weighted by Gasteiger charge is -2.33. The van der Waals surface area contributed by atoms with E-state index in [0.717, 1.165) is 38.0 Å². The van der Waals surface area contributed by atoms with E-state index in [1.165, 1.54) is 6.54 Å². The molecule has 0 aliphatic carbocycles. The van der Waals surface area contributed by atoms with Gasteiger partial charge in [0.25, 0.3) is 0 Å². The van der Waals surface area contributed by atoms with Crippen LogP contribution in [0.5, 0.6) is 11.5 Å². The van der Waals surface area contributed by atoms with E-state index in [4.69, 9.17) is 9.47 Å². The zero-order chi connectivity index (χ0) is 20.7. The van der Waals surface area contributed by atoms with Crippen LogP contribution in [0.4, 0.5) is 0 Å². The summed E-state index contributed by atoms with van der Waals surface area (Å²) in [6, 6.07) is 5.77. The molecule has 1 aliphatic heterocycles. The van der Waals surface area contributed by atoms with Crippen molar-refractivity contribution < 1.29 is 14.3 Å². The van der Waals surface area contributed by atoms with Crippen molar-refractivity contribution in [3.8, 4) is 11.5 Å². The zero-order valence-corrected chi connectivity index (χ0v) is 18.5. The van der Waals surface area contributed by atoms with Gasteiger partial charge in [-0.25, -0.2) is 0 Å². The van der Waals surface area contributed by atoms with E-state index in [1.54, 1.807) is 14.2 Å². The number of rotatable bonds is 9. The normalized spacial score (nSPS) is 17.0. The number of ether oxygens (including phenoxy) is 2. The number of amides is 1. The van der Waals surface area contributed by atoms with Crippen LogP contribution in [-0.2, 0) is 4.79 Å². The molecule has 1 saturated heterocycles. The summed E-state index contributed by atoms with van der Waals surface area (Å²) in [5.41, 5.74) is 0.969. The molecule has 1 atom stereocenters. The first kappa shape index (κ1) is 22.5. The van der Waals surface area contributed by atoms with Gasteiger partial charge in [0, 0.05) is 13.1 Å². The van der Waals surface area contributed by atoms with Crippen LogP contribution in [0.1, 0.15) is 52.0 Å². The molecular formula is C23H38N2O3. The Kier molecular flexibility index (Phi) is 8.61. The fourth-order valence-corrected chi connectivity index (χ4v) is 4.13. The molecule has 1 aromatic rings. The molecule has 1 heterocycles. The topological polar surface area (TPSA) is 50.8 Å². The SMILES string of the molecule is COc1ccc(C(C(=O)NCC2CCN(CC(C)C)CC2)C(C)C)cc1OC. The Morgan fingerprint density at radius 3 is 2.29 bits per heavy atom. The van der Waals surface area contributed by atoms with Crippen LogP contribution >= 0.6 is 0 Å². The Bertz CT molecular complexity index is 622. The lowest BCUT2D eigenvalue weighted by Crippen LogP contribution is -2.41. The highest BCUT2D eigenvalue weighted by Gasteiger charge is 2.27. The lowest BCUT2D eigenvalue weighted by atomic mass is 9.87. The molecule has 2 rings (SSSR count). The summed E-state index contributed by atoms with van der Waals surface area (Å²) < 4.78 is 10.7. The van der Waals surface area contributed by atoms with Crippen LogP contribution in [0.15, 0.2) is 18.2 Å². The van der Waals surface area contributed by atoms with Gasteiger partial charge in [0.2, 0.25) is 5.91 Å². The average molecular weight is 391 g/mol. The molecular weight excluding hydrogens is 352 g/mol. The number of carbonyl (C=O) groups is 1. The maximum atomic E-state index is 13.0. The molecule has 5 heteroatoms. The molecule has 0 bridgehead atoms. The van der Waals surface area contributed by atoms with E-state index in [1.807, 2.05) is 18.2 Å². The monoisotopic (exact) mass is 390 g/mol. The maximum absolute atomic E-state index is 13.0. The van der Waals surface area contributed by atoms with Crippen LogP contribution in [0.3, 0.4) is 0 Å². The first-order chi connectivity index (χ1) is 13.3. The Labute approximate surface area is 170 Å². The first-order valence-electron chi connectivity index (χ1n) is 10.6. The lowest BCUT2D eigenvalue weighted by molar-refractivity contribution is -0.123. The van der Waals surface area contributed by atoms with Crippen LogP contribution < -0.4 is 14.8 Å². The first-order valence-corrected chi connectivity index (χ1v) is 10.6. The van der Waals surface area contributed by atoms with Gasteiger partial charge >= 0.3 is 0 Å². The van der Waals surface area contributed by atoms with E-state index in [0.29, 0.717) is 23.3 Å². The van der Waals surface area contributed by atoms with E-state index in [-0.39, 0.29) is 17.7 Å². The quantitative estimate of drug-likeness (QED) is 0.694. The summed E-state index contributed by atoms with van der Waals surface area (Å²) in [5.74, 6) is 2.74. The van der Waals surface area contributed by atoms with Crippen molar-refractivity contribution in [2.75, 3.05) is 40.4 Å². The second-order valence-corrected chi connectivity index (χ2v) is 8.72. The number of benzene rings is 1. The van der Waals surface area contributed by atoms with Crippen molar-refractivity contribution in [1.29, 1.82) is 0 Å². The van der Waals surface area contributed by atoms with Crippen LogP contribution in [0.25, 0.3) is 0 Å². The molecule has 0 aromatic heterocycles. The Morgan fingerprint density at radius 2 is 1.75 bits per heavy atom. The molecule has 158 valence electrons. The summed E-state index contributed by atoms with van der Waals surface area (Å²) in [7, 11) is 3.24. The van der Waals surface area contributed by atoms with Crippen LogP contribution in [0, 0.1) is 17.8 Å². The third kappa shape index (κ3) is 6.13. The molecule has 1 aliphatic rings. The average Bonchev–Trinajstić information content (AvgIpc) is 2.66. The van der Waals surface area contributed by atoms with Gasteiger partial charge in [-0.2, -0.15) is 0 Å². The van der Waals surface area contributed by atoms with Gasteiger partial charge in [0.05, 0.1) is 20.1 Å². The number of hydrogen-bond donors (Lipinski definition) is 1. The van der Waals surface area contributed by atoms with Gasteiger partial charge in [-0.3, -0.25) is 4.79 Å². The molecule has 1 unspecified atom stereocenters. The smallest absolute Gasteiger partial charge is 0.227 e. The van der Waals surface area contributed by atoms with Crippen LogP contribution in [0.2, 0.25) is 0 Å². The predicted octanol–water partition coefficient (Wildman–Crippen LogP) is 3.93. The number of piperidine rings is 1. The minimum Gasteiger partial charge on any atom is -0.493 e. The van der Waals surface area contributed by atoms with E-state index < -0.39 is 0 Å². The van der Waals surface area contributed by atoms with Gasteiger partial charge in [0.15, 0.2) is 11.5 Å². The minimum absolute atomic E-state index is 0.104. The highest BCUT2D eigenvalue weighted by Crippen LogP contribution is 2.33. The Balaban J connectivity index is 1.95. The summed E-state index contributed by atoms with van der Waals surface area (Å²) in [5, 5.41) is 3.22. The fourth-order valence-electron chi connectivity index (χ4n) is 4.13. The number of carbonyl (C=O) groups excluding carboxylic acids is 1. The third-order valence-corrected chi connectivity index (χ3v) is 5.61. The molecule has 1 N–H and O–H groups in total. The van der Waals surface area contributed by atoms with Crippen molar-refractivity contribution in [3.63, 3.8) is 0 Å². The summed E-state index contributed by atoms with van der Waals surface area (Å²) in [6.07, 6.45) is 2.32. The molecule has 1 aromatic carbocycles. The summed E-state index contributed by atoms with van der Waals surface area (Å²) in [4.78, 5) is 15.5. The standard InChI is InChI=1S/C23H38N2O3/c1-16(2)15-25-11-9-18(10-12-25)14-24-23(26)22(17(3)4)19-7-8-20(27-5)21(13-19)28-6/h7-8,13,16-18,22H,9-12,14-15H2,1-6H3,(H,24,26). The van der Waals surface area contributed by atoms with Crippen molar-refractivity contribution in [3.05, 3.63) is 23.8 Å². The summed E-state index contributed by atoms with van der Waals surface area (Å²) in [6.45, 7) is 12.9. The molecule has 1 fully saturated rings. The predicted molar refractivity (Wildman–Crippen MR) is 114 cm³/mol. The van der Waals surface area contributed by atoms with Crippen molar-refractivity contribution in [2.24, 2.45) is 17.8 Å². The van der Waals surface area contributed by atoms with E-state index >= 15 is 0 Å². The highest BCUT2D eigenvalue weighted by molar-refractivity contribution is 5.84. The van der Waals surface area contributed by atoms with Gasteiger partial charge in [-0.15, -0.1) is 0 Å². The number of nitrogens with one attached hydrogen (secondary N) is 1. The molecule has 1 amide bonds. The zero-order valence-electron chi connectivity index (χ0n) is 18.5. The van der Waals surface area contributed by atoms with E-state index in [2.05, 4.69) is 37.9 Å². The Morgan fingerprint density at radius 1 is 1.11 bits per heavy atom. The molecule has 0 spiro atoms. The maximum Gasteiger partial charge on any atom is 0.227 e. The third-order valence-electron chi connectivity index (χ3n) is 5.61. The van der Waals surface area contributed by atoms with Gasteiger partial charge < -0.3 is 19.7 Å². The number of methoxy groups -OCH3 is 2. The minimum atomic E-state index is -0.194. The van der Waals surface area contributed by atoms with Crippen molar-refractivity contribution >= 4 is 5.91 Å². The molecule has 0 saturated carbocycles. The molecule has 0 radical (unpaired) electrons. The molecule has 28 heavy (non-hydrogen) atoms. The largest absolute Gasteiger partial charge is 0.493 e. The Hall–Kier alpha value is -1.75. The van der Waals surface area contributed by atoms with Gasteiger partial charge in [0.1, 0.15) is 0 Å². The van der Waals surface area contributed by atoms with Crippen LogP contribution in [-0.4, -0.2) is 51.2 Å². The second kappa shape index (κ2) is 10.7. The van der Waals surface area contributed by atoms with Gasteiger partial charge in [-0.1, -0.05) is 33.8 Å². The number of hydrogen-bond acceptors (Lipinski definition) is 4. The number of likely N-dealkylation sites (tertiary alicyclic amines) is 1. The number of nitrogens with zero attached hydrogens (tertiary/aromatic N) is 1. The van der Waals surface area contributed by atoms with Crippen molar-refractivity contribution in [1.82, 2.24) is 10.2 Å². The molecule has 5 nitrogen and oxygen atoms in total. The highest BCUT2D eigenvalue weighted by atomic mass is 16.5. The van der Waals surface area contributed by atoms with E-state index in [9.17, 15) is 4.79 Å². The van der Waals surface area contributed by atoms with Gasteiger partial charge in [-0.05, 0) is 61.4 Å². The second-order valence-electron chi connectivity index (χ2n) is 8.72.